The number of carboxylic acids is 1. The van der Waals surface area contributed by atoms with Crippen LogP contribution in [-0.2, 0) is 28.3 Å². The van der Waals surface area contributed by atoms with Gasteiger partial charge in [-0.2, -0.15) is 9.40 Å². The third-order valence-corrected chi connectivity index (χ3v) is 8.69. The quantitative estimate of drug-likeness (QED) is 0.509. The van der Waals surface area contributed by atoms with Crippen LogP contribution in [0.5, 0.6) is 0 Å². The number of benzene rings is 1. The van der Waals surface area contributed by atoms with Crippen LogP contribution in [0.15, 0.2) is 47.5 Å². The molecule has 2 aromatic heterocycles. The van der Waals surface area contributed by atoms with E-state index in [1.807, 2.05) is 0 Å². The first-order valence-electron chi connectivity index (χ1n) is 11.4. The zero-order chi connectivity index (χ0) is 25.7. The van der Waals surface area contributed by atoms with Gasteiger partial charge in [0.2, 0.25) is 0 Å². The second-order valence-corrected chi connectivity index (χ2v) is 10.9. The fourth-order valence-corrected chi connectivity index (χ4v) is 6.73. The van der Waals surface area contributed by atoms with E-state index in [4.69, 9.17) is 0 Å². The normalized spacial score (nSPS) is 21.7. The van der Waals surface area contributed by atoms with E-state index in [0.29, 0.717) is 35.4 Å². The number of hydrogen-bond donors (Lipinski definition) is 1. The lowest BCUT2D eigenvalue weighted by atomic mass is 9.63. The van der Waals surface area contributed by atoms with Crippen molar-refractivity contribution in [1.82, 2.24) is 28.9 Å². The van der Waals surface area contributed by atoms with Crippen molar-refractivity contribution in [2.75, 3.05) is 13.2 Å². The van der Waals surface area contributed by atoms with Gasteiger partial charge in [0, 0.05) is 19.6 Å². The minimum Gasteiger partial charge on any atom is -0.481 e. The summed E-state index contributed by atoms with van der Waals surface area (Å²) in [4.78, 5) is 16.5. The number of alkyl halides is 1. The Kier molecular flexibility index (Phi) is 5.99. The van der Waals surface area contributed by atoms with Crippen molar-refractivity contribution >= 4 is 22.1 Å². The summed E-state index contributed by atoms with van der Waals surface area (Å²) in [6, 6.07) is 5.06. The van der Waals surface area contributed by atoms with Crippen molar-refractivity contribution in [3.8, 4) is 5.69 Å². The van der Waals surface area contributed by atoms with E-state index >= 15 is 0 Å². The number of sulfonamides is 1. The molecule has 36 heavy (non-hydrogen) atoms. The summed E-state index contributed by atoms with van der Waals surface area (Å²) in [5, 5.41) is 18.2. The largest absolute Gasteiger partial charge is 0.481 e. The SMILES string of the molecule is Cn1cnc(S(=O)(=O)N(CCF)[C@H]2CCC3=Cc4c(cnn4-c4ccc(F)cc4)C[C@]3(C(=O)O)C2)n1. The van der Waals surface area contributed by atoms with E-state index in [1.54, 1.807) is 29.1 Å². The highest BCUT2D eigenvalue weighted by molar-refractivity contribution is 7.89. The fraction of sp³-hybridized carbons (Fsp3) is 0.391. The molecule has 1 saturated carbocycles. The Bertz CT molecular complexity index is 1450. The Balaban J connectivity index is 1.51. The van der Waals surface area contributed by atoms with Gasteiger partial charge in [-0.05, 0) is 61.6 Å². The topological polar surface area (TPSA) is 123 Å². The third-order valence-electron chi connectivity index (χ3n) is 6.95. The Labute approximate surface area is 205 Å². The molecular weight excluding hydrogens is 494 g/mol. The van der Waals surface area contributed by atoms with E-state index in [1.165, 1.54) is 30.2 Å². The number of carboxylic acid groups (broad SMARTS) is 1. The molecule has 2 heterocycles. The van der Waals surface area contributed by atoms with E-state index in [0.717, 1.165) is 4.31 Å². The molecule has 0 bridgehead atoms. The molecule has 0 spiro atoms. The molecule has 5 rings (SSSR count). The number of aromatic nitrogens is 5. The first kappa shape index (κ1) is 24.3. The number of aliphatic carboxylic acids is 1. The molecule has 0 amide bonds. The standard InChI is InChI=1S/C23H24F2N6O4S/c1-29-14-26-22(28-29)36(34,35)30(9-8-24)19-5-2-16-10-20-15(11-23(16,12-19)21(32)33)13-27-31(20)18-6-3-17(25)4-7-18/h3-4,6-7,10,13-14,19H,2,5,8-9,11-12H2,1H3,(H,32,33)/t19-,23-/m0/s1. The van der Waals surface area contributed by atoms with E-state index in [9.17, 15) is 27.1 Å². The lowest BCUT2D eigenvalue weighted by Crippen LogP contribution is -2.51. The van der Waals surface area contributed by atoms with Crippen molar-refractivity contribution in [3.05, 3.63) is 59.4 Å². The van der Waals surface area contributed by atoms with Crippen molar-refractivity contribution < 1.29 is 27.1 Å². The molecule has 10 nitrogen and oxygen atoms in total. The number of rotatable bonds is 7. The number of carbonyl (C=O) groups is 1. The molecule has 1 fully saturated rings. The highest BCUT2D eigenvalue weighted by Crippen LogP contribution is 2.50. The number of halogens is 2. The van der Waals surface area contributed by atoms with Gasteiger partial charge in [-0.25, -0.2) is 26.9 Å². The maximum absolute atomic E-state index is 13.5. The lowest BCUT2D eigenvalue weighted by Gasteiger charge is -2.44. The molecule has 0 unspecified atom stereocenters. The Morgan fingerprint density at radius 1 is 1.31 bits per heavy atom. The maximum Gasteiger partial charge on any atom is 0.314 e. The van der Waals surface area contributed by atoms with Crippen LogP contribution in [0.3, 0.4) is 0 Å². The summed E-state index contributed by atoms with van der Waals surface area (Å²) in [7, 11) is -2.72. The summed E-state index contributed by atoms with van der Waals surface area (Å²) < 4.78 is 57.3. The summed E-state index contributed by atoms with van der Waals surface area (Å²) >= 11 is 0. The molecule has 0 radical (unpaired) electrons. The monoisotopic (exact) mass is 518 g/mol. The molecule has 0 saturated heterocycles. The van der Waals surface area contributed by atoms with Gasteiger partial charge in [-0.1, -0.05) is 5.57 Å². The molecule has 2 atom stereocenters. The van der Waals surface area contributed by atoms with Crippen molar-refractivity contribution in [2.45, 2.75) is 36.9 Å². The first-order valence-corrected chi connectivity index (χ1v) is 12.8. The van der Waals surface area contributed by atoms with Gasteiger partial charge in [-0.15, -0.1) is 5.10 Å². The van der Waals surface area contributed by atoms with E-state index < -0.39 is 45.8 Å². The summed E-state index contributed by atoms with van der Waals surface area (Å²) in [6.45, 7) is -1.35. The summed E-state index contributed by atoms with van der Waals surface area (Å²) in [6.07, 6.45) is 5.30. The predicted octanol–water partition coefficient (Wildman–Crippen LogP) is 2.36. The molecule has 2 aliphatic rings. The second-order valence-electron chi connectivity index (χ2n) is 9.08. The van der Waals surface area contributed by atoms with Crippen LogP contribution in [0.25, 0.3) is 11.8 Å². The zero-order valence-corrected chi connectivity index (χ0v) is 20.2. The number of fused-ring (bicyclic) bond motifs is 2. The highest BCUT2D eigenvalue weighted by Gasteiger charge is 2.51. The molecule has 0 aliphatic heterocycles. The van der Waals surface area contributed by atoms with Gasteiger partial charge in [0.25, 0.3) is 15.2 Å². The average molecular weight is 519 g/mol. The Hall–Kier alpha value is -3.45. The Morgan fingerprint density at radius 3 is 2.69 bits per heavy atom. The fourth-order valence-electron chi connectivity index (χ4n) is 5.22. The minimum atomic E-state index is -4.24. The highest BCUT2D eigenvalue weighted by atomic mass is 32.2. The molecular formula is C23H24F2N6O4S. The first-order chi connectivity index (χ1) is 17.2. The molecule has 13 heteroatoms. The minimum absolute atomic E-state index is 0.0264. The summed E-state index contributed by atoms with van der Waals surface area (Å²) in [5.41, 5.74) is 1.30. The van der Waals surface area contributed by atoms with E-state index in [-0.39, 0.29) is 18.7 Å². The van der Waals surface area contributed by atoms with E-state index in [2.05, 4.69) is 15.2 Å². The smallest absolute Gasteiger partial charge is 0.314 e. The van der Waals surface area contributed by atoms with Crippen LogP contribution in [0.1, 0.15) is 30.5 Å². The lowest BCUT2D eigenvalue weighted by molar-refractivity contribution is -0.148. The van der Waals surface area contributed by atoms with Crippen LogP contribution < -0.4 is 0 Å². The van der Waals surface area contributed by atoms with Gasteiger partial charge < -0.3 is 5.11 Å². The summed E-state index contributed by atoms with van der Waals surface area (Å²) in [5.74, 6) is -1.46. The zero-order valence-electron chi connectivity index (χ0n) is 19.4. The number of aryl methyl sites for hydroxylation is 1. The van der Waals surface area contributed by atoms with Crippen molar-refractivity contribution in [3.63, 3.8) is 0 Å². The third kappa shape index (κ3) is 3.91. The number of nitrogens with zero attached hydrogens (tertiary/aromatic N) is 6. The van der Waals surface area contributed by atoms with Crippen LogP contribution in [0, 0.1) is 11.2 Å². The molecule has 1 aromatic carbocycles. The number of hydrogen-bond acceptors (Lipinski definition) is 6. The molecule has 2 aliphatic carbocycles. The maximum atomic E-state index is 13.5. The van der Waals surface area contributed by atoms with Gasteiger partial charge in [0.1, 0.15) is 18.8 Å². The molecule has 1 N–H and O–H groups in total. The van der Waals surface area contributed by atoms with Crippen LogP contribution >= 0.6 is 0 Å². The van der Waals surface area contributed by atoms with Gasteiger partial charge in [0.15, 0.2) is 0 Å². The molecule has 190 valence electrons. The second kappa shape index (κ2) is 8.89. The Morgan fingerprint density at radius 2 is 2.06 bits per heavy atom. The van der Waals surface area contributed by atoms with Gasteiger partial charge in [0.05, 0.1) is 23.0 Å². The van der Waals surface area contributed by atoms with Crippen molar-refractivity contribution in [2.24, 2.45) is 12.5 Å². The van der Waals surface area contributed by atoms with Crippen LogP contribution in [-0.4, -0.2) is 67.6 Å². The predicted molar refractivity (Wildman–Crippen MR) is 124 cm³/mol. The van der Waals surface area contributed by atoms with Crippen molar-refractivity contribution in [1.29, 1.82) is 0 Å². The van der Waals surface area contributed by atoms with Crippen LogP contribution in [0.2, 0.25) is 0 Å². The van der Waals surface area contributed by atoms with Gasteiger partial charge in [-0.3, -0.25) is 9.48 Å². The van der Waals surface area contributed by atoms with Crippen LogP contribution in [0.4, 0.5) is 8.78 Å². The van der Waals surface area contributed by atoms with Gasteiger partial charge >= 0.3 is 5.97 Å². The molecule has 3 aromatic rings. The average Bonchev–Trinajstić information content (AvgIpc) is 3.47.